The summed E-state index contributed by atoms with van der Waals surface area (Å²) < 4.78 is 4.86. The first kappa shape index (κ1) is 18.6. The van der Waals surface area contributed by atoms with Crippen molar-refractivity contribution < 1.29 is 14.3 Å². The van der Waals surface area contributed by atoms with E-state index in [-0.39, 0.29) is 28.9 Å². The van der Waals surface area contributed by atoms with Gasteiger partial charge >= 0.3 is 5.97 Å². The van der Waals surface area contributed by atoms with Crippen molar-refractivity contribution in [2.45, 2.75) is 39.8 Å². The van der Waals surface area contributed by atoms with Gasteiger partial charge in [0.25, 0.3) is 0 Å². The third kappa shape index (κ3) is 6.52. The molecule has 0 spiro atoms. The smallest absolute Gasteiger partial charge is 0.315 e. The Balaban J connectivity index is 2.60. The minimum Gasteiger partial charge on any atom is -0.465 e. The van der Waals surface area contributed by atoms with Crippen molar-refractivity contribution in [1.82, 2.24) is 4.90 Å². The van der Waals surface area contributed by atoms with Crippen LogP contribution in [0.1, 0.15) is 33.3 Å². The fraction of sp³-hybridized carbons (Fsp3) is 0.529. The Morgan fingerprint density at radius 3 is 2.32 bits per heavy atom. The van der Waals surface area contributed by atoms with E-state index < -0.39 is 0 Å². The standard InChI is InChI=1S/C17H25NO3S/c1-5-21-16(20)13-22-12-15(19)18(17(2,3)4)11-14-9-7-6-8-10-14/h6-10H,5,11-13H2,1-4H3. The van der Waals surface area contributed by atoms with Gasteiger partial charge in [-0.2, -0.15) is 0 Å². The summed E-state index contributed by atoms with van der Waals surface area (Å²) in [6, 6.07) is 9.92. The van der Waals surface area contributed by atoms with Crippen LogP contribution in [0.4, 0.5) is 0 Å². The quantitative estimate of drug-likeness (QED) is 0.723. The molecular weight excluding hydrogens is 298 g/mol. The number of benzene rings is 1. The third-order valence-corrected chi connectivity index (χ3v) is 3.94. The van der Waals surface area contributed by atoms with E-state index in [4.69, 9.17) is 4.74 Å². The molecule has 0 fully saturated rings. The van der Waals surface area contributed by atoms with Crippen molar-refractivity contribution in [3.05, 3.63) is 35.9 Å². The highest BCUT2D eigenvalue weighted by molar-refractivity contribution is 8.00. The molecule has 0 unspecified atom stereocenters. The molecule has 0 aliphatic rings. The fourth-order valence-corrected chi connectivity index (χ4v) is 2.65. The van der Waals surface area contributed by atoms with Gasteiger partial charge in [-0.05, 0) is 33.3 Å². The van der Waals surface area contributed by atoms with E-state index in [1.807, 2.05) is 56.0 Å². The van der Waals surface area contributed by atoms with Gasteiger partial charge in [-0.25, -0.2) is 0 Å². The maximum atomic E-state index is 12.5. The molecule has 0 bridgehead atoms. The third-order valence-electron chi connectivity index (χ3n) is 3.05. The molecule has 22 heavy (non-hydrogen) atoms. The lowest BCUT2D eigenvalue weighted by Gasteiger charge is -2.36. The molecule has 0 aliphatic carbocycles. The minimum atomic E-state index is -0.273. The summed E-state index contributed by atoms with van der Waals surface area (Å²) >= 11 is 1.30. The normalized spacial score (nSPS) is 11.1. The second kappa shape index (κ2) is 8.83. The molecule has 0 saturated carbocycles. The molecule has 0 N–H and O–H groups in total. The molecule has 0 aromatic heterocycles. The zero-order valence-corrected chi connectivity index (χ0v) is 14.6. The van der Waals surface area contributed by atoms with Gasteiger partial charge in [0.15, 0.2) is 0 Å². The number of ether oxygens (including phenoxy) is 1. The van der Waals surface area contributed by atoms with Crippen LogP contribution in [0, 0.1) is 0 Å². The highest BCUT2D eigenvalue weighted by atomic mass is 32.2. The van der Waals surface area contributed by atoms with E-state index in [9.17, 15) is 9.59 Å². The van der Waals surface area contributed by atoms with Gasteiger partial charge < -0.3 is 9.64 Å². The number of esters is 1. The fourth-order valence-electron chi connectivity index (χ4n) is 1.97. The molecule has 5 heteroatoms. The van der Waals surface area contributed by atoms with Gasteiger partial charge in [0.2, 0.25) is 5.91 Å². The van der Waals surface area contributed by atoms with Crippen LogP contribution in [0.3, 0.4) is 0 Å². The van der Waals surface area contributed by atoms with Crippen LogP contribution in [-0.2, 0) is 20.9 Å². The summed E-state index contributed by atoms with van der Waals surface area (Å²) in [6.45, 7) is 8.77. The molecule has 1 amide bonds. The first-order chi connectivity index (χ1) is 10.3. The van der Waals surface area contributed by atoms with Crippen molar-refractivity contribution >= 4 is 23.6 Å². The molecular formula is C17H25NO3S. The highest BCUT2D eigenvalue weighted by Gasteiger charge is 2.26. The molecule has 0 atom stereocenters. The molecule has 0 radical (unpaired) electrons. The molecule has 0 heterocycles. The van der Waals surface area contributed by atoms with Crippen molar-refractivity contribution in [2.24, 2.45) is 0 Å². The van der Waals surface area contributed by atoms with Crippen molar-refractivity contribution in [3.63, 3.8) is 0 Å². The number of thioether (sulfide) groups is 1. The molecule has 1 rings (SSSR count). The predicted octanol–water partition coefficient (Wildman–Crippen LogP) is 3.11. The molecule has 1 aromatic carbocycles. The number of carbonyl (C=O) groups is 2. The minimum absolute atomic E-state index is 0.0330. The lowest BCUT2D eigenvalue weighted by Crippen LogP contribution is -2.46. The number of hydrogen-bond donors (Lipinski definition) is 0. The van der Waals surface area contributed by atoms with Crippen molar-refractivity contribution in [3.8, 4) is 0 Å². The SMILES string of the molecule is CCOC(=O)CSCC(=O)N(Cc1ccccc1)C(C)(C)C. The van der Waals surface area contributed by atoms with Gasteiger partial charge in [-0.1, -0.05) is 30.3 Å². The molecule has 0 aliphatic heterocycles. The maximum absolute atomic E-state index is 12.5. The Kier molecular flexibility index (Phi) is 7.45. The van der Waals surface area contributed by atoms with Crippen LogP contribution in [0.25, 0.3) is 0 Å². The van der Waals surface area contributed by atoms with Crippen LogP contribution >= 0.6 is 11.8 Å². The topological polar surface area (TPSA) is 46.6 Å². The summed E-state index contributed by atoms with van der Waals surface area (Å²) in [7, 11) is 0. The summed E-state index contributed by atoms with van der Waals surface area (Å²) in [5.41, 5.74) is 0.832. The van der Waals surface area contributed by atoms with Gasteiger partial charge in [0.1, 0.15) is 0 Å². The second-order valence-corrected chi connectivity index (χ2v) is 6.92. The van der Waals surface area contributed by atoms with Gasteiger partial charge in [0.05, 0.1) is 18.1 Å². The van der Waals surface area contributed by atoms with Crippen LogP contribution in [0.15, 0.2) is 30.3 Å². The number of amides is 1. The number of hydrogen-bond acceptors (Lipinski definition) is 4. The average Bonchev–Trinajstić information content (AvgIpc) is 2.45. The number of carbonyl (C=O) groups excluding carboxylic acids is 2. The number of nitrogens with zero attached hydrogens (tertiary/aromatic N) is 1. The van der Waals surface area contributed by atoms with E-state index >= 15 is 0 Å². The predicted molar refractivity (Wildman–Crippen MR) is 90.7 cm³/mol. The Morgan fingerprint density at radius 2 is 1.77 bits per heavy atom. The van der Waals surface area contributed by atoms with Crippen LogP contribution in [0.5, 0.6) is 0 Å². The zero-order valence-electron chi connectivity index (χ0n) is 13.8. The molecule has 122 valence electrons. The van der Waals surface area contributed by atoms with Crippen LogP contribution in [-0.4, -0.2) is 40.4 Å². The van der Waals surface area contributed by atoms with E-state index in [0.717, 1.165) is 5.56 Å². The molecule has 1 aromatic rings. The van der Waals surface area contributed by atoms with Gasteiger partial charge in [0, 0.05) is 12.1 Å². The van der Waals surface area contributed by atoms with E-state index in [2.05, 4.69) is 0 Å². The van der Waals surface area contributed by atoms with E-state index in [1.54, 1.807) is 6.92 Å². The Labute approximate surface area is 137 Å². The molecule has 4 nitrogen and oxygen atoms in total. The lowest BCUT2D eigenvalue weighted by molar-refractivity contribution is -0.139. The van der Waals surface area contributed by atoms with Crippen LogP contribution < -0.4 is 0 Å². The van der Waals surface area contributed by atoms with Crippen LogP contribution in [0.2, 0.25) is 0 Å². The Morgan fingerprint density at radius 1 is 1.14 bits per heavy atom. The summed E-state index contributed by atoms with van der Waals surface area (Å²) in [6.07, 6.45) is 0. The summed E-state index contributed by atoms with van der Waals surface area (Å²) in [5.74, 6) is 0.252. The lowest BCUT2D eigenvalue weighted by atomic mass is 10.0. The van der Waals surface area contributed by atoms with E-state index in [1.165, 1.54) is 11.8 Å². The largest absolute Gasteiger partial charge is 0.465 e. The first-order valence-corrected chi connectivity index (χ1v) is 8.57. The monoisotopic (exact) mass is 323 g/mol. The summed E-state index contributed by atoms with van der Waals surface area (Å²) in [4.78, 5) is 25.6. The second-order valence-electron chi connectivity index (χ2n) is 5.93. The summed E-state index contributed by atoms with van der Waals surface area (Å²) in [5, 5.41) is 0. The Bertz CT molecular complexity index is 482. The molecule has 0 saturated heterocycles. The van der Waals surface area contributed by atoms with Crippen molar-refractivity contribution in [1.29, 1.82) is 0 Å². The Hall–Kier alpha value is -1.49. The van der Waals surface area contributed by atoms with Gasteiger partial charge in [-0.15, -0.1) is 11.8 Å². The average molecular weight is 323 g/mol. The van der Waals surface area contributed by atoms with Crippen molar-refractivity contribution in [2.75, 3.05) is 18.1 Å². The highest BCUT2D eigenvalue weighted by Crippen LogP contribution is 2.19. The zero-order chi connectivity index (χ0) is 16.6. The van der Waals surface area contributed by atoms with E-state index in [0.29, 0.717) is 13.2 Å². The first-order valence-electron chi connectivity index (χ1n) is 7.42. The number of rotatable bonds is 7. The maximum Gasteiger partial charge on any atom is 0.315 e. The van der Waals surface area contributed by atoms with Gasteiger partial charge in [-0.3, -0.25) is 9.59 Å².